The SMILES string of the molecule is CCC12CC(=Cc3ccccc3)C(O)(c3c(F)cccc3F)CC1CCc1cc(O)ccc12. The zero-order valence-corrected chi connectivity index (χ0v) is 18.7. The molecule has 2 nitrogen and oxygen atoms in total. The van der Waals surface area contributed by atoms with Gasteiger partial charge in [0.15, 0.2) is 0 Å². The number of phenolic OH excluding ortho intramolecular Hbond substituents is 1. The lowest BCUT2D eigenvalue weighted by Gasteiger charge is -2.54. The third kappa shape index (κ3) is 3.48. The van der Waals surface area contributed by atoms with E-state index in [0.29, 0.717) is 12.0 Å². The van der Waals surface area contributed by atoms with Crippen LogP contribution >= 0.6 is 0 Å². The molecule has 2 aliphatic rings. The summed E-state index contributed by atoms with van der Waals surface area (Å²) in [5.74, 6) is -1.14. The van der Waals surface area contributed by atoms with Crippen LogP contribution in [0.3, 0.4) is 0 Å². The van der Waals surface area contributed by atoms with Crippen LogP contribution in [0.1, 0.15) is 54.9 Å². The minimum atomic E-state index is -1.73. The van der Waals surface area contributed by atoms with Gasteiger partial charge in [0.25, 0.3) is 0 Å². The molecule has 0 heterocycles. The first-order chi connectivity index (χ1) is 15.9. The Hall–Kier alpha value is -2.98. The van der Waals surface area contributed by atoms with Gasteiger partial charge >= 0.3 is 0 Å². The molecule has 1 fully saturated rings. The molecule has 2 N–H and O–H groups in total. The lowest BCUT2D eigenvalue weighted by Crippen LogP contribution is -2.50. The van der Waals surface area contributed by atoms with Crippen molar-refractivity contribution >= 4 is 6.08 Å². The summed E-state index contributed by atoms with van der Waals surface area (Å²) < 4.78 is 30.0. The van der Waals surface area contributed by atoms with Crippen LogP contribution in [0.25, 0.3) is 6.08 Å². The predicted octanol–water partition coefficient (Wildman–Crippen LogP) is 6.65. The van der Waals surface area contributed by atoms with Gasteiger partial charge in [-0.25, -0.2) is 8.78 Å². The Kier molecular flexibility index (Phi) is 5.37. The van der Waals surface area contributed by atoms with Crippen LogP contribution in [-0.2, 0) is 17.4 Å². The van der Waals surface area contributed by atoms with E-state index >= 15 is 8.78 Å². The van der Waals surface area contributed by atoms with Crippen molar-refractivity contribution < 1.29 is 19.0 Å². The summed E-state index contributed by atoms with van der Waals surface area (Å²) in [6.45, 7) is 2.14. The Balaban J connectivity index is 1.72. The summed E-state index contributed by atoms with van der Waals surface area (Å²) in [5, 5.41) is 22.1. The maximum atomic E-state index is 15.0. The van der Waals surface area contributed by atoms with Gasteiger partial charge in [0.1, 0.15) is 23.0 Å². The Morgan fingerprint density at radius 1 is 1.00 bits per heavy atom. The van der Waals surface area contributed by atoms with Crippen molar-refractivity contribution in [2.75, 3.05) is 0 Å². The van der Waals surface area contributed by atoms with Crippen LogP contribution in [0.15, 0.2) is 72.3 Å². The lowest BCUT2D eigenvalue weighted by molar-refractivity contribution is -0.0135. The van der Waals surface area contributed by atoms with Crippen LogP contribution < -0.4 is 0 Å². The minimum Gasteiger partial charge on any atom is -0.508 e. The Bertz CT molecular complexity index is 1200. The summed E-state index contributed by atoms with van der Waals surface area (Å²) in [6.07, 6.45) is 5.03. The maximum absolute atomic E-state index is 15.0. The molecule has 0 bridgehead atoms. The van der Waals surface area contributed by atoms with Crippen molar-refractivity contribution in [3.05, 3.63) is 106 Å². The van der Waals surface area contributed by atoms with Gasteiger partial charge in [0.2, 0.25) is 0 Å². The van der Waals surface area contributed by atoms with Crippen molar-refractivity contribution in [1.82, 2.24) is 0 Å². The number of halogens is 2. The Morgan fingerprint density at radius 3 is 2.42 bits per heavy atom. The van der Waals surface area contributed by atoms with Crippen LogP contribution in [-0.4, -0.2) is 10.2 Å². The number of rotatable bonds is 3. The standard InChI is InChI=1S/C29H28F2O2/c1-2-28-17-22(15-19-7-4-3-5-8-19)29(33,27-25(30)9-6-10-26(27)31)18-21(28)12-11-20-16-23(32)13-14-24(20)28/h3-10,13-16,21,32-33H,2,11-12,17-18H2,1H3. The Labute approximate surface area is 193 Å². The van der Waals surface area contributed by atoms with Crippen LogP contribution in [0.5, 0.6) is 5.75 Å². The fraction of sp³-hybridized carbons (Fsp3) is 0.310. The number of aryl methyl sites for hydroxylation is 1. The van der Waals surface area contributed by atoms with Gasteiger partial charge in [-0.05, 0) is 84.6 Å². The molecule has 5 rings (SSSR count). The summed E-state index contributed by atoms with van der Waals surface area (Å²) >= 11 is 0. The van der Waals surface area contributed by atoms with Crippen molar-refractivity contribution in [2.45, 2.75) is 50.0 Å². The average Bonchev–Trinajstić information content (AvgIpc) is 2.80. The van der Waals surface area contributed by atoms with Crippen molar-refractivity contribution in [3.8, 4) is 5.75 Å². The fourth-order valence-electron chi connectivity index (χ4n) is 6.29. The largest absolute Gasteiger partial charge is 0.508 e. The van der Waals surface area contributed by atoms with Crippen LogP contribution in [0.4, 0.5) is 8.78 Å². The topological polar surface area (TPSA) is 40.5 Å². The van der Waals surface area contributed by atoms with Gasteiger partial charge < -0.3 is 10.2 Å². The molecule has 0 aliphatic heterocycles. The highest BCUT2D eigenvalue weighted by atomic mass is 19.1. The van der Waals surface area contributed by atoms with Gasteiger partial charge in [-0.2, -0.15) is 0 Å². The molecular weight excluding hydrogens is 418 g/mol. The first kappa shape index (κ1) is 21.8. The average molecular weight is 447 g/mol. The van der Waals surface area contributed by atoms with Crippen molar-refractivity contribution in [2.24, 2.45) is 5.92 Å². The molecule has 4 heteroatoms. The van der Waals surface area contributed by atoms with Gasteiger partial charge in [0.05, 0.1) is 5.56 Å². The first-order valence-electron chi connectivity index (χ1n) is 11.6. The lowest BCUT2D eigenvalue weighted by atomic mass is 9.51. The molecule has 170 valence electrons. The summed E-state index contributed by atoms with van der Waals surface area (Å²) in [7, 11) is 0. The van der Waals surface area contributed by atoms with E-state index in [1.54, 1.807) is 6.07 Å². The molecule has 0 aromatic heterocycles. The predicted molar refractivity (Wildman–Crippen MR) is 126 cm³/mol. The number of phenols is 1. The highest BCUT2D eigenvalue weighted by molar-refractivity contribution is 5.59. The summed E-state index contributed by atoms with van der Waals surface area (Å²) in [6, 6.07) is 18.9. The van der Waals surface area contributed by atoms with E-state index in [-0.39, 0.29) is 29.1 Å². The van der Waals surface area contributed by atoms with E-state index in [1.807, 2.05) is 48.5 Å². The van der Waals surface area contributed by atoms with E-state index in [4.69, 9.17) is 0 Å². The Morgan fingerprint density at radius 2 is 1.73 bits per heavy atom. The second kappa shape index (κ2) is 8.11. The first-order valence-corrected chi connectivity index (χ1v) is 11.6. The van der Waals surface area contributed by atoms with E-state index in [2.05, 4.69) is 6.92 Å². The zero-order chi connectivity index (χ0) is 23.2. The van der Waals surface area contributed by atoms with Gasteiger partial charge in [-0.1, -0.05) is 55.5 Å². The van der Waals surface area contributed by atoms with Gasteiger partial charge in [-0.3, -0.25) is 0 Å². The van der Waals surface area contributed by atoms with E-state index < -0.39 is 17.2 Å². The monoisotopic (exact) mass is 446 g/mol. The second-order valence-corrected chi connectivity index (χ2v) is 9.50. The normalized spacial score (nSPS) is 27.8. The molecule has 3 atom stereocenters. The highest BCUT2D eigenvalue weighted by Crippen LogP contribution is 2.59. The fourth-order valence-corrected chi connectivity index (χ4v) is 6.29. The molecule has 3 aromatic rings. The third-order valence-electron chi connectivity index (χ3n) is 7.90. The molecule has 2 aliphatic carbocycles. The molecular formula is C29H28F2O2. The van der Waals surface area contributed by atoms with E-state index in [0.717, 1.165) is 30.4 Å². The second-order valence-electron chi connectivity index (χ2n) is 9.50. The van der Waals surface area contributed by atoms with Crippen LogP contribution in [0, 0.1) is 17.6 Å². The van der Waals surface area contributed by atoms with Gasteiger partial charge in [-0.15, -0.1) is 0 Å². The van der Waals surface area contributed by atoms with E-state index in [1.165, 1.54) is 23.8 Å². The molecule has 3 aromatic carbocycles. The summed E-state index contributed by atoms with van der Waals surface area (Å²) in [4.78, 5) is 0. The maximum Gasteiger partial charge on any atom is 0.132 e. The number of aliphatic hydroxyl groups is 1. The molecule has 33 heavy (non-hydrogen) atoms. The minimum absolute atomic E-state index is 0.0523. The van der Waals surface area contributed by atoms with Crippen molar-refractivity contribution in [1.29, 1.82) is 0 Å². The van der Waals surface area contributed by atoms with Crippen LogP contribution in [0.2, 0.25) is 0 Å². The number of hydrogen-bond donors (Lipinski definition) is 2. The number of hydrogen-bond acceptors (Lipinski definition) is 2. The molecule has 1 saturated carbocycles. The highest BCUT2D eigenvalue weighted by Gasteiger charge is 2.54. The van der Waals surface area contributed by atoms with Crippen molar-refractivity contribution in [3.63, 3.8) is 0 Å². The molecule has 0 amide bonds. The smallest absolute Gasteiger partial charge is 0.132 e. The third-order valence-corrected chi connectivity index (χ3v) is 7.90. The quantitative estimate of drug-likeness (QED) is 0.473. The van der Waals surface area contributed by atoms with E-state index in [9.17, 15) is 10.2 Å². The number of aromatic hydroxyl groups is 1. The molecule has 3 unspecified atom stereocenters. The number of fused-ring (bicyclic) bond motifs is 3. The molecule has 0 spiro atoms. The zero-order valence-electron chi connectivity index (χ0n) is 18.7. The molecule has 0 saturated heterocycles. The summed E-state index contributed by atoms with van der Waals surface area (Å²) in [5.41, 5.74) is 1.54. The number of benzene rings is 3. The van der Waals surface area contributed by atoms with Gasteiger partial charge in [0, 0.05) is 5.41 Å². The molecule has 0 radical (unpaired) electrons.